The van der Waals surface area contributed by atoms with Crippen molar-refractivity contribution in [3.8, 4) is 0 Å². The Balaban J connectivity index is 1.59. The molecule has 0 spiro atoms. The Morgan fingerprint density at radius 1 is 0.938 bits per heavy atom. The van der Waals surface area contributed by atoms with Crippen molar-refractivity contribution in [3.05, 3.63) is 115 Å². The Hall–Kier alpha value is -3.64. The fourth-order valence-corrected chi connectivity index (χ4v) is 14.6. The molecule has 0 radical (unpaired) electrons. The molecule has 2 N–H and O–H groups in total. The Morgan fingerprint density at radius 3 is 1.83 bits per heavy atom. The van der Waals surface area contributed by atoms with Gasteiger partial charge in [-0.2, -0.15) is 0 Å². The van der Waals surface area contributed by atoms with E-state index in [-0.39, 0.29) is 23.8 Å². The molecular formula is C35H44N3O7PSSi. The molecule has 0 unspecified atom stereocenters. The number of urea groups is 1. The number of nitrogens with two attached hydrogens (primary N) is 1. The number of primary amides is 1. The van der Waals surface area contributed by atoms with Crippen LogP contribution in [0, 0.1) is 0 Å². The van der Waals surface area contributed by atoms with Gasteiger partial charge in [0.05, 0.1) is 0 Å². The van der Waals surface area contributed by atoms with Gasteiger partial charge in [-0.05, 0) is 0 Å². The zero-order valence-corrected chi connectivity index (χ0v) is 30.9. The van der Waals surface area contributed by atoms with E-state index < -0.39 is 49.6 Å². The predicted octanol–water partition coefficient (Wildman–Crippen LogP) is 5.08. The summed E-state index contributed by atoms with van der Waals surface area (Å²) in [5.41, 5.74) is 5.86. The van der Waals surface area contributed by atoms with Crippen LogP contribution in [0.25, 0.3) is 0 Å². The first kappa shape index (κ1) is 35.7. The van der Waals surface area contributed by atoms with Gasteiger partial charge in [-0.15, -0.1) is 0 Å². The van der Waals surface area contributed by atoms with Crippen LogP contribution in [0.3, 0.4) is 0 Å². The van der Waals surface area contributed by atoms with E-state index in [0.717, 1.165) is 0 Å². The number of carbonyl (C=O) groups excluding carboxylic acids is 2. The van der Waals surface area contributed by atoms with E-state index in [4.69, 9.17) is 18.4 Å². The summed E-state index contributed by atoms with van der Waals surface area (Å²) in [6.45, 7) is 7.85. The van der Waals surface area contributed by atoms with E-state index in [1.165, 1.54) is 4.90 Å². The molecule has 3 aromatic carbocycles. The number of nitrogens with zero attached hydrogens (tertiary/aromatic N) is 2. The summed E-state index contributed by atoms with van der Waals surface area (Å²) in [5, 5.41) is 2.40. The third-order valence-electron chi connectivity index (χ3n) is 9.58. The molecule has 2 heterocycles. The van der Waals surface area contributed by atoms with Crippen molar-refractivity contribution in [1.29, 1.82) is 0 Å². The minimum atomic E-state index is -5.06. The van der Waals surface area contributed by atoms with Gasteiger partial charge >= 0.3 is 285 Å². The number of allylic oxidation sites excluding steroid dienone is 1. The summed E-state index contributed by atoms with van der Waals surface area (Å²) in [6, 6.07) is 24.9. The van der Waals surface area contributed by atoms with E-state index in [2.05, 4.69) is 33.9 Å². The standard InChI is InChI=1S/C35H44N3O7PSSi/c1-7-23-46(28-17-11-8-12-18-28,29-19-13-9-14-20-29,30-21-15-10-16-22-30)45-47(41,42)44-38-32-25-37(34(38)40)27(24-31(32)33(36)39)26-43-48(5,6)35(2,3)4/h7-24,27,32H,25-26H2,1-6H3,(H2,36,39)/b23-7+/t27-,32-/m0/s1. The Kier molecular flexibility index (Phi) is 9.66. The van der Waals surface area contributed by atoms with Crippen molar-refractivity contribution in [2.45, 2.75) is 57.9 Å². The van der Waals surface area contributed by atoms with Crippen molar-refractivity contribution < 1.29 is 30.7 Å². The fourth-order valence-electron chi connectivity index (χ4n) is 6.10. The van der Waals surface area contributed by atoms with Gasteiger partial charge in [0.25, 0.3) is 0 Å². The molecule has 2 aliphatic heterocycles. The van der Waals surface area contributed by atoms with Crippen molar-refractivity contribution >= 4 is 53.4 Å². The van der Waals surface area contributed by atoms with Gasteiger partial charge < -0.3 is 0 Å². The molecule has 0 aliphatic carbocycles. The maximum absolute atomic E-state index is 14.4. The first-order valence-corrected chi connectivity index (χ1v) is 22.3. The van der Waals surface area contributed by atoms with Crippen LogP contribution in [0.15, 0.2) is 115 Å². The summed E-state index contributed by atoms with van der Waals surface area (Å²) in [7, 11) is -7.29. The summed E-state index contributed by atoms with van der Waals surface area (Å²) < 4.78 is 47.5. The first-order chi connectivity index (χ1) is 22.6. The van der Waals surface area contributed by atoms with E-state index in [0.29, 0.717) is 21.0 Å². The molecular weight excluding hydrogens is 666 g/mol. The van der Waals surface area contributed by atoms with E-state index in [9.17, 15) is 18.0 Å². The molecule has 3 amide bonds. The summed E-state index contributed by atoms with van der Waals surface area (Å²) in [4.78, 5) is 28.1. The van der Waals surface area contributed by atoms with Gasteiger partial charge in [-0.3, -0.25) is 0 Å². The number of fused-ring (bicyclic) bond motifs is 2. The van der Waals surface area contributed by atoms with Crippen LogP contribution in [0.4, 0.5) is 4.79 Å². The number of amides is 3. The molecule has 3 aromatic rings. The molecule has 48 heavy (non-hydrogen) atoms. The first-order valence-electron chi connectivity index (χ1n) is 15.8. The summed E-state index contributed by atoms with van der Waals surface area (Å²) in [6.07, 6.45) is 3.34. The van der Waals surface area contributed by atoms with Crippen LogP contribution in [0.2, 0.25) is 18.1 Å². The average molecular weight is 710 g/mol. The molecule has 0 saturated carbocycles. The summed E-state index contributed by atoms with van der Waals surface area (Å²) >= 11 is 0. The number of carbonyl (C=O) groups is 2. The number of hydroxylamine groups is 2. The molecule has 1 fully saturated rings. The van der Waals surface area contributed by atoms with Crippen molar-refractivity contribution in [2.24, 2.45) is 5.73 Å². The predicted molar refractivity (Wildman–Crippen MR) is 193 cm³/mol. The van der Waals surface area contributed by atoms with Crippen LogP contribution in [-0.4, -0.2) is 63.9 Å². The number of benzene rings is 3. The third-order valence-corrected chi connectivity index (χ3v) is 21.2. The molecule has 2 aliphatic rings. The van der Waals surface area contributed by atoms with Crippen LogP contribution in [0.1, 0.15) is 27.7 Å². The fraction of sp³-hybridized carbons (Fsp3) is 0.314. The molecule has 2 bridgehead atoms. The van der Waals surface area contributed by atoms with E-state index in [1.54, 1.807) is 24.9 Å². The van der Waals surface area contributed by atoms with Crippen molar-refractivity contribution in [3.63, 3.8) is 0 Å². The average Bonchev–Trinajstić information content (AvgIpc) is 3.30. The molecule has 5 rings (SSSR count). The van der Waals surface area contributed by atoms with Crippen LogP contribution in [0.5, 0.6) is 0 Å². The van der Waals surface area contributed by atoms with Gasteiger partial charge in [0.2, 0.25) is 0 Å². The van der Waals surface area contributed by atoms with Crippen LogP contribution in [-0.2, 0) is 27.9 Å². The SMILES string of the molecule is C/C=C/P(OS(=O)(=O)ON1C(=O)N2C[C@H]1C(C(N)=O)=C[C@H]2CO[Si](C)(C)C(C)(C)C)(c1ccccc1)(c1ccccc1)c1ccccc1. The molecule has 2 atom stereocenters. The quantitative estimate of drug-likeness (QED) is 0.205. The van der Waals surface area contributed by atoms with Gasteiger partial charge in [-0.1, -0.05) is 0 Å². The van der Waals surface area contributed by atoms with Crippen molar-refractivity contribution in [1.82, 2.24) is 9.96 Å². The van der Waals surface area contributed by atoms with Gasteiger partial charge in [0, 0.05) is 0 Å². The maximum atomic E-state index is 14.4. The second kappa shape index (κ2) is 13.0. The van der Waals surface area contributed by atoms with E-state index >= 15 is 0 Å². The van der Waals surface area contributed by atoms with Crippen LogP contribution >= 0.6 is 6.83 Å². The Bertz CT molecular complexity index is 1730. The van der Waals surface area contributed by atoms with E-state index in [1.807, 2.05) is 91.0 Å². The third kappa shape index (κ3) is 6.17. The second-order valence-corrected chi connectivity index (χ2v) is 24.0. The second-order valence-electron chi connectivity index (χ2n) is 13.5. The van der Waals surface area contributed by atoms with Gasteiger partial charge in [-0.25, -0.2) is 0 Å². The number of hydrogen-bond donors (Lipinski definition) is 1. The molecule has 256 valence electrons. The summed E-state index contributed by atoms with van der Waals surface area (Å²) in [5.74, 6) is 1.01. The monoisotopic (exact) mass is 709 g/mol. The zero-order valence-electron chi connectivity index (χ0n) is 28.1. The molecule has 13 heteroatoms. The Morgan fingerprint density at radius 2 is 1.42 bits per heavy atom. The van der Waals surface area contributed by atoms with Gasteiger partial charge in [0.15, 0.2) is 0 Å². The van der Waals surface area contributed by atoms with Crippen molar-refractivity contribution in [2.75, 3.05) is 13.2 Å². The molecule has 1 saturated heterocycles. The molecule has 0 aromatic heterocycles. The number of hydrogen-bond acceptors (Lipinski definition) is 7. The minimum absolute atomic E-state index is 0.0107. The zero-order chi connectivity index (χ0) is 35.0. The van der Waals surface area contributed by atoms with Crippen LogP contribution < -0.4 is 21.6 Å². The van der Waals surface area contributed by atoms with Gasteiger partial charge in [0.1, 0.15) is 0 Å². The topological polar surface area (TPSA) is 128 Å². The molecule has 10 nitrogen and oxygen atoms in total. The Labute approximate surface area is 284 Å². The number of rotatable bonds is 12. The normalized spacial score (nSPS) is 19.7.